The number of hydrogen-bond acceptors (Lipinski definition) is 3. The lowest BCUT2D eigenvalue weighted by atomic mass is 10.1. The number of aryl methyl sites for hydroxylation is 1. The highest BCUT2D eigenvalue weighted by Crippen LogP contribution is 2.30. The highest BCUT2D eigenvalue weighted by molar-refractivity contribution is 7.15. The quantitative estimate of drug-likeness (QED) is 0.905. The van der Waals surface area contributed by atoms with E-state index in [9.17, 15) is 4.39 Å². The molecule has 0 spiro atoms. The minimum atomic E-state index is -0.211. The molecule has 1 heterocycles. The molecule has 0 radical (unpaired) electrons. The average molecular weight is 264 g/mol. The zero-order valence-electron chi connectivity index (χ0n) is 10.8. The first-order valence-electron chi connectivity index (χ1n) is 6.07. The second-order valence-corrected chi connectivity index (χ2v) is 5.39. The van der Waals surface area contributed by atoms with E-state index in [1.165, 1.54) is 6.07 Å². The molecule has 1 unspecified atom stereocenters. The fourth-order valence-electron chi connectivity index (χ4n) is 1.82. The van der Waals surface area contributed by atoms with Gasteiger partial charge >= 0.3 is 0 Å². The van der Waals surface area contributed by atoms with Crippen LogP contribution in [0.3, 0.4) is 0 Å². The molecule has 0 amide bonds. The van der Waals surface area contributed by atoms with Crippen LogP contribution in [0.5, 0.6) is 0 Å². The van der Waals surface area contributed by atoms with Gasteiger partial charge in [0.2, 0.25) is 0 Å². The zero-order valence-corrected chi connectivity index (χ0v) is 11.6. The van der Waals surface area contributed by atoms with Crippen molar-refractivity contribution in [2.45, 2.75) is 26.8 Å². The maximum atomic E-state index is 13.8. The van der Waals surface area contributed by atoms with Crippen LogP contribution in [0.25, 0.3) is 10.6 Å². The Kier molecular flexibility index (Phi) is 4.09. The summed E-state index contributed by atoms with van der Waals surface area (Å²) >= 11 is 1.54. The second-order valence-electron chi connectivity index (χ2n) is 4.33. The Morgan fingerprint density at radius 1 is 1.44 bits per heavy atom. The van der Waals surface area contributed by atoms with Crippen LogP contribution in [-0.4, -0.2) is 11.5 Å². The molecular weight excluding hydrogens is 247 g/mol. The van der Waals surface area contributed by atoms with Crippen molar-refractivity contribution in [3.63, 3.8) is 0 Å². The molecule has 1 aromatic heterocycles. The summed E-state index contributed by atoms with van der Waals surface area (Å²) in [5, 5.41) is 4.08. The lowest BCUT2D eigenvalue weighted by molar-refractivity contribution is 0.606. The molecule has 0 saturated heterocycles. The smallest absolute Gasteiger partial charge is 0.133 e. The van der Waals surface area contributed by atoms with Gasteiger partial charge in [-0.15, -0.1) is 11.3 Å². The van der Waals surface area contributed by atoms with Gasteiger partial charge in [-0.25, -0.2) is 9.37 Å². The van der Waals surface area contributed by atoms with Crippen LogP contribution in [0, 0.1) is 12.7 Å². The lowest BCUT2D eigenvalue weighted by Gasteiger charge is -2.08. The monoisotopic (exact) mass is 264 g/mol. The molecule has 96 valence electrons. The van der Waals surface area contributed by atoms with Gasteiger partial charge in [0.25, 0.3) is 0 Å². The van der Waals surface area contributed by atoms with Crippen LogP contribution in [-0.2, 0) is 0 Å². The van der Waals surface area contributed by atoms with Crippen molar-refractivity contribution < 1.29 is 4.39 Å². The maximum Gasteiger partial charge on any atom is 0.133 e. The summed E-state index contributed by atoms with van der Waals surface area (Å²) in [6.45, 7) is 7.03. The first-order chi connectivity index (χ1) is 8.61. The van der Waals surface area contributed by atoms with E-state index in [1.807, 2.05) is 19.2 Å². The number of rotatable bonds is 4. The predicted molar refractivity (Wildman–Crippen MR) is 74.3 cm³/mol. The van der Waals surface area contributed by atoms with Gasteiger partial charge < -0.3 is 5.32 Å². The molecule has 0 saturated carbocycles. The molecule has 18 heavy (non-hydrogen) atoms. The SMILES string of the molecule is CCNC(C)c1cnc(-c2cc(C)ccc2F)s1. The summed E-state index contributed by atoms with van der Waals surface area (Å²) in [4.78, 5) is 5.46. The van der Waals surface area contributed by atoms with Crippen molar-refractivity contribution in [3.8, 4) is 10.6 Å². The highest BCUT2D eigenvalue weighted by atomic mass is 32.1. The summed E-state index contributed by atoms with van der Waals surface area (Å²) in [7, 11) is 0. The number of halogens is 1. The number of aromatic nitrogens is 1. The predicted octanol–water partition coefficient (Wildman–Crippen LogP) is 3.93. The van der Waals surface area contributed by atoms with Crippen LogP contribution < -0.4 is 5.32 Å². The van der Waals surface area contributed by atoms with Crippen molar-refractivity contribution >= 4 is 11.3 Å². The molecule has 0 fully saturated rings. The van der Waals surface area contributed by atoms with E-state index in [1.54, 1.807) is 17.4 Å². The van der Waals surface area contributed by atoms with Gasteiger partial charge in [-0.05, 0) is 32.5 Å². The molecule has 2 nitrogen and oxygen atoms in total. The summed E-state index contributed by atoms with van der Waals surface area (Å²) in [5.74, 6) is -0.211. The van der Waals surface area contributed by atoms with E-state index in [-0.39, 0.29) is 11.9 Å². The molecule has 0 bridgehead atoms. The minimum absolute atomic E-state index is 0.211. The van der Waals surface area contributed by atoms with E-state index >= 15 is 0 Å². The van der Waals surface area contributed by atoms with Gasteiger partial charge in [0, 0.05) is 22.7 Å². The van der Waals surface area contributed by atoms with Crippen molar-refractivity contribution in [3.05, 3.63) is 40.7 Å². The van der Waals surface area contributed by atoms with E-state index in [0.717, 1.165) is 22.0 Å². The Hall–Kier alpha value is -1.26. The highest BCUT2D eigenvalue weighted by Gasteiger charge is 2.13. The number of thiazole rings is 1. The van der Waals surface area contributed by atoms with Crippen LogP contribution in [0.15, 0.2) is 24.4 Å². The van der Waals surface area contributed by atoms with E-state index in [2.05, 4.69) is 24.1 Å². The summed E-state index contributed by atoms with van der Waals surface area (Å²) in [5.41, 5.74) is 1.64. The minimum Gasteiger partial charge on any atom is -0.310 e. The largest absolute Gasteiger partial charge is 0.310 e. The molecule has 1 aromatic carbocycles. The van der Waals surface area contributed by atoms with Crippen molar-refractivity contribution in [2.24, 2.45) is 0 Å². The average Bonchev–Trinajstić information content (AvgIpc) is 2.82. The van der Waals surface area contributed by atoms with Gasteiger partial charge in [-0.2, -0.15) is 0 Å². The van der Waals surface area contributed by atoms with E-state index in [0.29, 0.717) is 5.56 Å². The summed E-state index contributed by atoms with van der Waals surface area (Å²) < 4.78 is 13.8. The number of nitrogens with one attached hydrogen (secondary N) is 1. The van der Waals surface area contributed by atoms with Crippen LogP contribution >= 0.6 is 11.3 Å². The topological polar surface area (TPSA) is 24.9 Å². The molecule has 1 atom stereocenters. The van der Waals surface area contributed by atoms with Gasteiger partial charge in [-0.1, -0.05) is 18.6 Å². The van der Waals surface area contributed by atoms with Crippen LogP contribution in [0.2, 0.25) is 0 Å². The van der Waals surface area contributed by atoms with Crippen LogP contribution in [0.1, 0.15) is 30.3 Å². The Morgan fingerprint density at radius 2 is 2.22 bits per heavy atom. The summed E-state index contributed by atoms with van der Waals surface area (Å²) in [6.07, 6.45) is 1.83. The first-order valence-corrected chi connectivity index (χ1v) is 6.89. The van der Waals surface area contributed by atoms with Crippen molar-refractivity contribution in [2.75, 3.05) is 6.54 Å². The molecule has 2 rings (SSSR count). The Balaban J connectivity index is 2.32. The fraction of sp³-hybridized carbons (Fsp3) is 0.357. The van der Waals surface area contributed by atoms with Crippen LogP contribution in [0.4, 0.5) is 4.39 Å². The molecule has 0 aliphatic carbocycles. The second kappa shape index (κ2) is 5.59. The Bertz CT molecular complexity index is 536. The normalized spacial score (nSPS) is 12.7. The van der Waals surface area contributed by atoms with Gasteiger partial charge in [0.1, 0.15) is 10.8 Å². The molecule has 0 aliphatic heterocycles. The molecule has 2 aromatic rings. The molecular formula is C14H17FN2S. The first kappa shape index (κ1) is 13.2. The molecule has 1 N–H and O–H groups in total. The Labute approximate surface area is 111 Å². The third kappa shape index (κ3) is 2.76. The maximum absolute atomic E-state index is 13.8. The lowest BCUT2D eigenvalue weighted by Crippen LogP contribution is -2.16. The van der Waals surface area contributed by atoms with Crippen molar-refractivity contribution in [1.82, 2.24) is 10.3 Å². The Morgan fingerprint density at radius 3 is 2.94 bits per heavy atom. The third-order valence-corrected chi connectivity index (χ3v) is 4.03. The number of hydrogen-bond donors (Lipinski definition) is 1. The molecule has 4 heteroatoms. The van der Waals surface area contributed by atoms with Gasteiger partial charge in [0.05, 0.1) is 0 Å². The standard InChI is InChI=1S/C14H17FN2S/c1-4-16-10(3)13-8-17-14(18-13)11-7-9(2)5-6-12(11)15/h5-8,10,16H,4H2,1-3H3. The van der Waals surface area contributed by atoms with Gasteiger partial charge in [-0.3, -0.25) is 0 Å². The molecule has 0 aliphatic rings. The van der Waals surface area contributed by atoms with Gasteiger partial charge in [0.15, 0.2) is 0 Å². The van der Waals surface area contributed by atoms with E-state index in [4.69, 9.17) is 0 Å². The summed E-state index contributed by atoms with van der Waals surface area (Å²) in [6, 6.07) is 5.37. The zero-order chi connectivity index (χ0) is 13.1. The van der Waals surface area contributed by atoms with E-state index < -0.39 is 0 Å². The fourth-order valence-corrected chi connectivity index (χ4v) is 2.78. The van der Waals surface area contributed by atoms with Crippen molar-refractivity contribution in [1.29, 1.82) is 0 Å². The number of benzene rings is 1. The number of nitrogens with zero attached hydrogens (tertiary/aromatic N) is 1. The third-order valence-electron chi connectivity index (χ3n) is 2.81.